The Kier molecular flexibility index (Phi) is 18.6. The van der Waals surface area contributed by atoms with Crippen LogP contribution in [0, 0.1) is 0 Å². The van der Waals surface area contributed by atoms with Crippen LogP contribution in [-0.2, 0) is 25.7 Å². The van der Waals surface area contributed by atoms with Gasteiger partial charge in [-0.2, -0.15) is 0 Å². The van der Waals surface area contributed by atoms with Crippen LogP contribution in [0.25, 0.3) is 89.0 Å². The van der Waals surface area contributed by atoms with Crippen molar-refractivity contribution in [2.75, 3.05) is 0 Å². The molecule has 0 aliphatic carbocycles. The standard InChI is InChI=1S/C92H100N4/c1-53(2)61-17-33-69(34-18-61)85-77-49-79-87(71-37-21-63(22-38-71)55(5)6)89(73-41-25-65(26-42-73)57(9)10)81(94-79)51-83-91(75-45-29-67(30-46-75)59(13)14)92(76-47-31-68(32-48-76)60(15)16)84(96-83)52-82-90(74-43-27-66(28-44-74)58(11)12)88(72-39-23-64(24-40-72)56(7)8)80(95-82)50-78(93-77)86(85)70-35-19-62(20-36-70)54(3)4/h17-48,53-60,93-96H,49-52H2,1-16H3. The van der Waals surface area contributed by atoms with Crippen LogP contribution in [0.3, 0.4) is 0 Å². The quantitative estimate of drug-likeness (QED) is 0.0745. The predicted octanol–water partition coefficient (Wildman–Crippen LogP) is 26.0. The Hall–Kier alpha value is -9.12. The third-order valence-electron chi connectivity index (χ3n) is 21.0. The van der Waals surface area contributed by atoms with Gasteiger partial charge in [-0.25, -0.2) is 0 Å². The lowest BCUT2D eigenvalue weighted by molar-refractivity contribution is 0.867. The maximum absolute atomic E-state index is 4.41. The van der Waals surface area contributed by atoms with Crippen molar-refractivity contribution in [3.63, 3.8) is 0 Å². The van der Waals surface area contributed by atoms with Crippen LogP contribution < -0.4 is 0 Å². The molecule has 13 rings (SSSR count). The highest BCUT2D eigenvalue weighted by Gasteiger charge is 2.32. The number of nitrogens with one attached hydrogen (secondary N) is 4. The molecule has 4 N–H and O–H groups in total. The third kappa shape index (κ3) is 12.9. The van der Waals surface area contributed by atoms with Crippen molar-refractivity contribution in [2.45, 2.75) is 184 Å². The molecular weight excluding hydrogens is 1160 g/mol. The van der Waals surface area contributed by atoms with Crippen molar-refractivity contribution in [3.05, 3.63) is 284 Å². The summed E-state index contributed by atoms with van der Waals surface area (Å²) in [6.45, 7) is 36.8. The Bertz CT molecular complexity index is 3760. The van der Waals surface area contributed by atoms with E-state index in [2.05, 4.69) is 325 Å². The number of fused-ring (bicyclic) bond motifs is 8. The predicted molar refractivity (Wildman–Crippen MR) is 411 cm³/mol. The molecule has 1 aliphatic heterocycles. The van der Waals surface area contributed by atoms with Gasteiger partial charge in [-0.3, -0.25) is 0 Å². The Balaban J connectivity index is 1.19. The zero-order valence-corrected chi connectivity index (χ0v) is 59.9. The van der Waals surface area contributed by atoms with Crippen molar-refractivity contribution in [2.24, 2.45) is 0 Å². The minimum atomic E-state index is 0.393. The third-order valence-corrected chi connectivity index (χ3v) is 21.0. The van der Waals surface area contributed by atoms with Gasteiger partial charge in [-0.05, 0) is 136 Å². The van der Waals surface area contributed by atoms with Crippen LogP contribution in [0.1, 0.15) is 248 Å². The van der Waals surface area contributed by atoms with Crippen LogP contribution >= 0.6 is 0 Å². The van der Waals surface area contributed by atoms with Gasteiger partial charge in [-0.1, -0.05) is 305 Å². The van der Waals surface area contributed by atoms with Crippen LogP contribution in [0.4, 0.5) is 0 Å². The molecule has 12 aromatic rings. The van der Waals surface area contributed by atoms with Crippen molar-refractivity contribution >= 4 is 0 Å². The summed E-state index contributed by atoms with van der Waals surface area (Å²) in [6.07, 6.45) is 2.49. The smallest absolute Gasteiger partial charge is 0.0295 e. The number of aromatic amines is 4. The van der Waals surface area contributed by atoms with Gasteiger partial charge in [0, 0.05) is 116 Å². The molecule has 1 aliphatic rings. The Labute approximate surface area is 573 Å². The van der Waals surface area contributed by atoms with E-state index in [1.165, 1.54) is 179 Å². The lowest BCUT2D eigenvalue weighted by atomic mass is 9.87. The lowest BCUT2D eigenvalue weighted by Gasteiger charge is -2.15. The van der Waals surface area contributed by atoms with Gasteiger partial charge in [0.05, 0.1) is 0 Å². The first kappa shape index (κ1) is 65.5. The second-order valence-electron chi connectivity index (χ2n) is 30.2. The monoisotopic (exact) mass is 1260 g/mol. The molecule has 0 saturated carbocycles. The number of benzene rings is 8. The minimum Gasteiger partial charge on any atom is -0.361 e. The molecule has 0 unspecified atom stereocenters. The topological polar surface area (TPSA) is 63.2 Å². The van der Waals surface area contributed by atoms with Gasteiger partial charge in [0.25, 0.3) is 0 Å². The van der Waals surface area contributed by atoms with Crippen LogP contribution in [0.2, 0.25) is 0 Å². The molecule has 8 bridgehead atoms. The highest BCUT2D eigenvalue weighted by Crippen LogP contribution is 2.50. The van der Waals surface area contributed by atoms with Gasteiger partial charge in [-0.15, -0.1) is 0 Å². The number of rotatable bonds is 16. The average molecular weight is 1260 g/mol. The fraction of sp³-hybridized carbons (Fsp3) is 0.304. The Morgan fingerprint density at radius 1 is 0.156 bits per heavy atom. The fourth-order valence-corrected chi connectivity index (χ4v) is 15.0. The van der Waals surface area contributed by atoms with E-state index in [-0.39, 0.29) is 0 Å². The molecule has 0 atom stereocenters. The van der Waals surface area contributed by atoms with Gasteiger partial charge in [0.1, 0.15) is 0 Å². The van der Waals surface area contributed by atoms with Gasteiger partial charge < -0.3 is 19.9 Å². The maximum atomic E-state index is 4.41. The largest absolute Gasteiger partial charge is 0.361 e. The summed E-state index contributed by atoms with van der Waals surface area (Å²) in [5.74, 6) is 3.14. The van der Waals surface area contributed by atoms with Crippen LogP contribution in [0.15, 0.2) is 194 Å². The highest BCUT2D eigenvalue weighted by atomic mass is 14.8. The fourth-order valence-electron chi connectivity index (χ4n) is 15.0. The first-order chi connectivity index (χ1) is 46.2. The molecule has 0 radical (unpaired) electrons. The molecule has 0 fully saturated rings. The van der Waals surface area contributed by atoms with Crippen molar-refractivity contribution in [1.29, 1.82) is 0 Å². The van der Waals surface area contributed by atoms with E-state index < -0.39 is 0 Å². The van der Waals surface area contributed by atoms with Gasteiger partial charge in [0.15, 0.2) is 0 Å². The molecule has 8 aromatic carbocycles. The summed E-state index contributed by atoms with van der Waals surface area (Å²) in [5, 5.41) is 0. The van der Waals surface area contributed by atoms with E-state index >= 15 is 0 Å². The molecule has 96 heavy (non-hydrogen) atoms. The van der Waals surface area contributed by atoms with E-state index in [0.717, 1.165) is 0 Å². The van der Waals surface area contributed by atoms with E-state index in [4.69, 9.17) is 0 Å². The molecule has 488 valence electrons. The van der Waals surface area contributed by atoms with Crippen molar-refractivity contribution in [1.82, 2.24) is 19.9 Å². The van der Waals surface area contributed by atoms with E-state index in [0.29, 0.717) is 73.0 Å². The van der Waals surface area contributed by atoms with Crippen molar-refractivity contribution < 1.29 is 0 Å². The van der Waals surface area contributed by atoms with E-state index in [1.54, 1.807) is 0 Å². The van der Waals surface area contributed by atoms with Crippen LogP contribution in [-0.4, -0.2) is 19.9 Å². The molecular formula is C92H100N4. The summed E-state index contributed by atoms with van der Waals surface area (Å²) in [7, 11) is 0. The summed E-state index contributed by atoms with van der Waals surface area (Å²) in [6, 6.07) is 76.2. The molecule has 0 spiro atoms. The second-order valence-corrected chi connectivity index (χ2v) is 30.2. The number of aromatic nitrogens is 4. The molecule has 0 amide bonds. The molecule has 4 nitrogen and oxygen atoms in total. The molecule has 4 aromatic heterocycles. The number of hydrogen-bond donors (Lipinski definition) is 4. The Morgan fingerprint density at radius 2 is 0.250 bits per heavy atom. The summed E-state index contributed by atoms with van der Waals surface area (Å²) < 4.78 is 0. The number of hydrogen-bond acceptors (Lipinski definition) is 0. The van der Waals surface area contributed by atoms with Gasteiger partial charge >= 0.3 is 0 Å². The SMILES string of the molecule is CC(C)c1ccc(-c2c3[nH]c(c2-c2ccc(C(C)C)cc2)Cc2[nH]c(c(-c4ccc(C(C)C)cc4)c2-c2ccc(C(C)C)cc2)Cc2[nH]c(c(-c4ccc(C(C)C)cc4)c2-c2ccc(C(C)C)cc2)Cc2[nH]c(c(-c4ccc(C(C)C)cc4)c2-c2ccc(C(C)C)cc2)C3)cc1. The molecule has 5 heterocycles. The summed E-state index contributed by atoms with van der Waals surface area (Å²) in [5.41, 5.74) is 39.8. The maximum Gasteiger partial charge on any atom is 0.0295 e. The first-order valence-electron chi connectivity index (χ1n) is 35.9. The summed E-state index contributed by atoms with van der Waals surface area (Å²) >= 11 is 0. The van der Waals surface area contributed by atoms with Gasteiger partial charge in [0.2, 0.25) is 0 Å². The lowest BCUT2D eigenvalue weighted by Crippen LogP contribution is -1.98. The van der Waals surface area contributed by atoms with Crippen LogP contribution in [0.5, 0.6) is 0 Å². The summed E-state index contributed by atoms with van der Waals surface area (Å²) in [4.78, 5) is 17.6. The number of H-pyrrole nitrogens is 4. The van der Waals surface area contributed by atoms with E-state index in [9.17, 15) is 0 Å². The van der Waals surface area contributed by atoms with Crippen molar-refractivity contribution in [3.8, 4) is 89.0 Å². The second kappa shape index (κ2) is 27.2. The zero-order chi connectivity index (χ0) is 67.4. The zero-order valence-electron chi connectivity index (χ0n) is 59.9. The first-order valence-corrected chi connectivity index (χ1v) is 35.9. The normalized spacial score (nSPS) is 12.8. The highest BCUT2D eigenvalue weighted by molar-refractivity contribution is 5.95. The Morgan fingerprint density at radius 3 is 0.333 bits per heavy atom. The minimum absolute atomic E-state index is 0.393. The average Bonchev–Trinajstić information content (AvgIpc) is 1.59. The molecule has 0 saturated heterocycles. The molecule has 4 heteroatoms. The van der Waals surface area contributed by atoms with E-state index in [1.807, 2.05) is 0 Å².